The Morgan fingerprint density at radius 1 is 0.720 bits per heavy atom. The summed E-state index contributed by atoms with van der Waals surface area (Å²) in [4.78, 5) is 0. The lowest BCUT2D eigenvalue weighted by Gasteiger charge is -2.18. The Labute approximate surface area is 157 Å². The summed E-state index contributed by atoms with van der Waals surface area (Å²) in [7, 11) is 0. The van der Waals surface area contributed by atoms with Gasteiger partial charge in [0.05, 0.1) is 0 Å². The first kappa shape index (κ1) is 22.1. The van der Waals surface area contributed by atoms with Crippen molar-refractivity contribution in [1.29, 1.82) is 0 Å². The molecule has 1 nitrogen and oxygen atoms in total. The van der Waals surface area contributed by atoms with Crippen molar-refractivity contribution in [2.24, 2.45) is 0 Å². The topological polar surface area (TPSA) is 20.2 Å². The van der Waals surface area contributed by atoms with Crippen molar-refractivity contribution >= 4 is 0 Å². The maximum atomic E-state index is 10.3. The van der Waals surface area contributed by atoms with Crippen LogP contribution in [-0.2, 0) is 0 Å². The van der Waals surface area contributed by atoms with E-state index in [2.05, 4.69) is 39.8 Å². The first-order chi connectivity index (χ1) is 12.1. The van der Waals surface area contributed by atoms with E-state index >= 15 is 0 Å². The van der Waals surface area contributed by atoms with E-state index in [-0.39, 0.29) is 0 Å². The molecular weight excluding hydrogens is 304 g/mol. The monoisotopic (exact) mass is 346 g/mol. The highest BCUT2D eigenvalue weighted by Gasteiger charge is 2.14. The van der Waals surface area contributed by atoms with Crippen LogP contribution < -0.4 is 0 Å². The lowest BCUT2D eigenvalue weighted by atomic mass is 9.88. The van der Waals surface area contributed by atoms with E-state index in [1.165, 1.54) is 82.6 Å². The molecule has 0 radical (unpaired) electrons. The van der Waals surface area contributed by atoms with Crippen LogP contribution in [0.2, 0.25) is 0 Å². The molecule has 1 aromatic rings. The molecule has 0 fully saturated rings. The highest BCUT2D eigenvalue weighted by Crippen LogP contribution is 2.33. The predicted molar refractivity (Wildman–Crippen MR) is 112 cm³/mol. The molecule has 0 spiro atoms. The van der Waals surface area contributed by atoms with Crippen LogP contribution >= 0.6 is 0 Å². The molecule has 0 amide bonds. The maximum absolute atomic E-state index is 10.3. The second-order valence-corrected chi connectivity index (χ2v) is 8.03. The molecule has 0 saturated heterocycles. The Balaban J connectivity index is 2.50. The highest BCUT2D eigenvalue weighted by atomic mass is 16.3. The number of phenolic OH excluding ortho intramolecular Hbond substituents is 1. The van der Waals surface area contributed by atoms with E-state index in [9.17, 15) is 5.11 Å². The Bertz CT molecular complexity index is 451. The quantitative estimate of drug-likeness (QED) is 0.336. The molecule has 1 rings (SSSR count). The molecule has 1 heteroatoms. The summed E-state index contributed by atoms with van der Waals surface area (Å²) in [6.45, 7) is 9.14. The molecule has 144 valence electrons. The van der Waals surface area contributed by atoms with Gasteiger partial charge in [-0.25, -0.2) is 0 Å². The van der Waals surface area contributed by atoms with E-state index in [1.54, 1.807) is 0 Å². The van der Waals surface area contributed by atoms with Crippen molar-refractivity contribution in [3.63, 3.8) is 0 Å². The van der Waals surface area contributed by atoms with Gasteiger partial charge in [0.15, 0.2) is 0 Å². The van der Waals surface area contributed by atoms with Crippen molar-refractivity contribution in [2.45, 2.75) is 117 Å². The smallest absolute Gasteiger partial charge is 0.119 e. The van der Waals surface area contributed by atoms with E-state index in [1.807, 2.05) is 6.07 Å². The number of hydrogen-bond acceptors (Lipinski definition) is 1. The summed E-state index contributed by atoms with van der Waals surface area (Å²) >= 11 is 0. The van der Waals surface area contributed by atoms with Crippen molar-refractivity contribution in [3.8, 4) is 5.75 Å². The molecule has 1 aromatic carbocycles. The Morgan fingerprint density at radius 3 is 1.80 bits per heavy atom. The van der Waals surface area contributed by atoms with Crippen LogP contribution in [0.3, 0.4) is 0 Å². The van der Waals surface area contributed by atoms with Gasteiger partial charge >= 0.3 is 0 Å². The third-order valence-corrected chi connectivity index (χ3v) is 5.63. The zero-order valence-corrected chi connectivity index (χ0v) is 17.3. The summed E-state index contributed by atoms with van der Waals surface area (Å²) < 4.78 is 0. The van der Waals surface area contributed by atoms with Crippen molar-refractivity contribution in [3.05, 3.63) is 29.3 Å². The lowest BCUT2D eigenvalue weighted by Crippen LogP contribution is -1.99. The van der Waals surface area contributed by atoms with Crippen LogP contribution in [0.15, 0.2) is 18.2 Å². The normalized spacial score (nSPS) is 13.8. The summed E-state index contributed by atoms with van der Waals surface area (Å²) in [6, 6.07) is 6.33. The predicted octanol–water partition coefficient (Wildman–Crippen LogP) is 8.32. The molecule has 0 saturated carbocycles. The Morgan fingerprint density at radius 2 is 1.24 bits per heavy atom. The van der Waals surface area contributed by atoms with E-state index in [0.717, 1.165) is 5.56 Å². The minimum atomic E-state index is 0.457. The van der Waals surface area contributed by atoms with Crippen LogP contribution in [0, 0.1) is 0 Å². The fraction of sp³-hybridized carbons (Fsp3) is 0.750. The van der Waals surface area contributed by atoms with Gasteiger partial charge in [0.25, 0.3) is 0 Å². The van der Waals surface area contributed by atoms with Crippen LogP contribution in [0.5, 0.6) is 5.75 Å². The highest BCUT2D eigenvalue weighted by molar-refractivity contribution is 5.39. The molecule has 2 atom stereocenters. The third-order valence-electron chi connectivity index (χ3n) is 5.63. The van der Waals surface area contributed by atoms with Crippen LogP contribution in [0.25, 0.3) is 0 Å². The lowest BCUT2D eigenvalue weighted by molar-refractivity contribution is 0.456. The Hall–Kier alpha value is -0.980. The second-order valence-electron chi connectivity index (χ2n) is 8.03. The van der Waals surface area contributed by atoms with Crippen molar-refractivity contribution in [2.75, 3.05) is 0 Å². The molecule has 0 bridgehead atoms. The minimum absolute atomic E-state index is 0.457. The van der Waals surface area contributed by atoms with Gasteiger partial charge in [0.1, 0.15) is 5.75 Å². The van der Waals surface area contributed by atoms with Crippen molar-refractivity contribution in [1.82, 2.24) is 0 Å². The van der Waals surface area contributed by atoms with E-state index < -0.39 is 0 Å². The third kappa shape index (κ3) is 8.79. The van der Waals surface area contributed by atoms with Gasteiger partial charge < -0.3 is 5.11 Å². The molecule has 2 unspecified atom stereocenters. The molecule has 0 aliphatic carbocycles. The molecule has 25 heavy (non-hydrogen) atoms. The first-order valence-corrected chi connectivity index (χ1v) is 10.9. The SMILES string of the molecule is CCCCCCCC(C)c1ccc(O)c(C(C)CCCCCCC)c1. The molecule has 1 N–H and O–H groups in total. The van der Waals surface area contributed by atoms with Crippen LogP contribution in [-0.4, -0.2) is 5.11 Å². The zero-order valence-electron chi connectivity index (χ0n) is 17.3. The van der Waals surface area contributed by atoms with Gasteiger partial charge in [-0.2, -0.15) is 0 Å². The number of aromatic hydroxyl groups is 1. The fourth-order valence-corrected chi connectivity index (χ4v) is 3.70. The van der Waals surface area contributed by atoms with Gasteiger partial charge in [0, 0.05) is 0 Å². The van der Waals surface area contributed by atoms with Crippen LogP contribution in [0.1, 0.15) is 128 Å². The van der Waals surface area contributed by atoms with Crippen LogP contribution in [0.4, 0.5) is 0 Å². The van der Waals surface area contributed by atoms with Gasteiger partial charge in [-0.05, 0) is 41.9 Å². The molecule has 0 aliphatic heterocycles. The van der Waals surface area contributed by atoms with E-state index in [4.69, 9.17) is 0 Å². The average molecular weight is 347 g/mol. The minimum Gasteiger partial charge on any atom is -0.508 e. The average Bonchev–Trinajstić information content (AvgIpc) is 2.61. The zero-order chi connectivity index (χ0) is 18.5. The number of benzene rings is 1. The second kappa shape index (κ2) is 13.3. The maximum Gasteiger partial charge on any atom is 0.119 e. The fourth-order valence-electron chi connectivity index (χ4n) is 3.70. The standard InChI is InChI=1S/C24H42O/c1-5-7-9-11-13-15-20(3)22-17-18-24(25)23(19-22)21(4)16-14-12-10-8-6-2/h17-21,25H,5-16H2,1-4H3. The summed E-state index contributed by atoms with van der Waals surface area (Å²) in [5.41, 5.74) is 2.56. The molecule has 0 aliphatic rings. The summed E-state index contributed by atoms with van der Waals surface area (Å²) in [6.07, 6.45) is 15.8. The van der Waals surface area contributed by atoms with E-state index in [0.29, 0.717) is 17.6 Å². The largest absolute Gasteiger partial charge is 0.508 e. The van der Waals surface area contributed by atoms with Gasteiger partial charge in [-0.1, -0.05) is 104 Å². The summed E-state index contributed by atoms with van der Waals surface area (Å²) in [5.74, 6) is 1.54. The Kier molecular flexibility index (Phi) is 11.7. The molecular formula is C24H42O. The number of phenols is 1. The van der Waals surface area contributed by atoms with Gasteiger partial charge in [0.2, 0.25) is 0 Å². The van der Waals surface area contributed by atoms with Gasteiger partial charge in [-0.15, -0.1) is 0 Å². The summed E-state index contributed by atoms with van der Waals surface area (Å²) in [5, 5.41) is 10.3. The number of unbranched alkanes of at least 4 members (excludes halogenated alkanes) is 8. The first-order valence-electron chi connectivity index (χ1n) is 10.9. The molecule has 0 heterocycles. The van der Waals surface area contributed by atoms with Gasteiger partial charge in [-0.3, -0.25) is 0 Å². The number of hydrogen-bond donors (Lipinski definition) is 1. The number of rotatable bonds is 14. The molecule has 0 aromatic heterocycles. The van der Waals surface area contributed by atoms with Crippen molar-refractivity contribution < 1.29 is 5.11 Å².